The molecule has 7 nitrogen and oxygen atoms in total. The SMILES string of the molecule is CCCCOC(=O)N1[C@@H]2C[C@@H](C[C@H]2NC(C)=O)[C@H]1C(=O)OC. The molecule has 1 saturated carbocycles. The number of nitrogens with one attached hydrogen (secondary N) is 1. The molecular formula is C15H24N2O5. The summed E-state index contributed by atoms with van der Waals surface area (Å²) in [6, 6.07) is -0.927. The van der Waals surface area contributed by atoms with Crippen molar-refractivity contribution in [2.24, 2.45) is 5.92 Å². The highest BCUT2D eigenvalue weighted by Crippen LogP contribution is 2.43. The molecule has 1 aliphatic carbocycles. The standard InChI is InChI=1S/C15H24N2O5/c1-4-5-6-22-15(20)17-12-8-10(13(17)14(19)21-3)7-11(12)16-9(2)18/h10-13H,4-8H2,1-3H3,(H,16,18)/t10-,11-,12-,13+/m1/s1. The molecule has 22 heavy (non-hydrogen) atoms. The Bertz CT molecular complexity index is 453. The first kappa shape index (κ1) is 16.6. The molecule has 0 aromatic carbocycles. The van der Waals surface area contributed by atoms with Crippen LogP contribution in [0.1, 0.15) is 39.5 Å². The van der Waals surface area contributed by atoms with Crippen molar-refractivity contribution in [3.05, 3.63) is 0 Å². The van der Waals surface area contributed by atoms with Gasteiger partial charge in [-0.05, 0) is 25.2 Å². The molecule has 1 heterocycles. The van der Waals surface area contributed by atoms with Crippen molar-refractivity contribution in [2.45, 2.75) is 57.7 Å². The fraction of sp³-hybridized carbons (Fsp3) is 0.800. The first-order valence-corrected chi connectivity index (χ1v) is 7.79. The van der Waals surface area contributed by atoms with Crippen LogP contribution in [0, 0.1) is 5.92 Å². The summed E-state index contributed by atoms with van der Waals surface area (Å²) in [6.07, 6.45) is 2.59. The van der Waals surface area contributed by atoms with Crippen molar-refractivity contribution >= 4 is 18.0 Å². The van der Waals surface area contributed by atoms with Crippen molar-refractivity contribution < 1.29 is 23.9 Å². The number of likely N-dealkylation sites (tertiary alicyclic amines) is 1. The first-order chi connectivity index (χ1) is 10.5. The summed E-state index contributed by atoms with van der Waals surface area (Å²) in [7, 11) is 1.32. The van der Waals surface area contributed by atoms with Gasteiger partial charge in [0.15, 0.2) is 0 Å². The van der Waals surface area contributed by atoms with Crippen LogP contribution in [-0.4, -0.2) is 54.7 Å². The fourth-order valence-corrected chi connectivity index (χ4v) is 3.52. The minimum absolute atomic E-state index is 0.00743. The number of carbonyl (C=O) groups is 3. The van der Waals surface area contributed by atoms with Gasteiger partial charge in [-0.2, -0.15) is 0 Å². The molecule has 7 heteroatoms. The Labute approximate surface area is 130 Å². The maximum absolute atomic E-state index is 12.4. The number of ether oxygens (including phenoxy) is 2. The van der Waals surface area contributed by atoms with Crippen molar-refractivity contribution in [1.82, 2.24) is 10.2 Å². The number of esters is 1. The lowest BCUT2D eigenvalue weighted by Gasteiger charge is -2.37. The summed E-state index contributed by atoms with van der Waals surface area (Å²) >= 11 is 0. The molecule has 0 aromatic rings. The largest absolute Gasteiger partial charge is 0.467 e. The van der Waals surface area contributed by atoms with Gasteiger partial charge in [0.2, 0.25) is 5.91 Å². The summed E-state index contributed by atoms with van der Waals surface area (Å²) in [4.78, 5) is 37.1. The predicted octanol–water partition coefficient (Wildman–Crippen LogP) is 1.06. The molecule has 2 bridgehead atoms. The number of hydrogen-bond donors (Lipinski definition) is 1. The summed E-state index contributed by atoms with van der Waals surface area (Å²) in [5, 5.41) is 2.86. The highest BCUT2D eigenvalue weighted by molar-refractivity contribution is 5.83. The van der Waals surface area contributed by atoms with Gasteiger partial charge in [0.1, 0.15) is 6.04 Å². The topological polar surface area (TPSA) is 84.9 Å². The van der Waals surface area contributed by atoms with E-state index in [1.807, 2.05) is 6.92 Å². The zero-order valence-corrected chi connectivity index (χ0v) is 13.3. The van der Waals surface area contributed by atoms with E-state index in [0.717, 1.165) is 12.8 Å². The van der Waals surface area contributed by atoms with Crippen LogP contribution in [0.15, 0.2) is 0 Å². The fourth-order valence-electron chi connectivity index (χ4n) is 3.52. The normalized spacial score (nSPS) is 29.3. The minimum atomic E-state index is -0.603. The predicted molar refractivity (Wildman–Crippen MR) is 78.0 cm³/mol. The average molecular weight is 312 g/mol. The van der Waals surface area contributed by atoms with Crippen LogP contribution in [0.3, 0.4) is 0 Å². The molecule has 0 aromatic heterocycles. The number of carbonyl (C=O) groups excluding carboxylic acids is 3. The number of rotatable bonds is 5. The van der Waals surface area contributed by atoms with Crippen LogP contribution in [0.5, 0.6) is 0 Å². The van der Waals surface area contributed by atoms with Crippen LogP contribution >= 0.6 is 0 Å². The van der Waals surface area contributed by atoms with Crippen LogP contribution in [0.4, 0.5) is 4.79 Å². The Balaban J connectivity index is 2.11. The molecule has 124 valence electrons. The van der Waals surface area contributed by atoms with E-state index in [4.69, 9.17) is 9.47 Å². The third-order valence-corrected chi connectivity index (χ3v) is 4.43. The molecule has 1 aliphatic heterocycles. The second-order valence-corrected chi connectivity index (χ2v) is 5.95. The van der Waals surface area contributed by atoms with E-state index in [0.29, 0.717) is 19.4 Å². The van der Waals surface area contributed by atoms with Crippen molar-refractivity contribution in [2.75, 3.05) is 13.7 Å². The number of unbranched alkanes of at least 4 members (excludes halogenated alkanes) is 1. The lowest BCUT2D eigenvalue weighted by Crippen LogP contribution is -2.57. The maximum Gasteiger partial charge on any atom is 0.410 e. The van der Waals surface area contributed by atoms with Gasteiger partial charge >= 0.3 is 12.1 Å². The third-order valence-electron chi connectivity index (χ3n) is 4.43. The van der Waals surface area contributed by atoms with Gasteiger partial charge in [0.25, 0.3) is 0 Å². The second kappa shape index (κ2) is 6.98. The summed E-state index contributed by atoms with van der Waals surface area (Å²) < 4.78 is 10.1. The van der Waals surface area contributed by atoms with E-state index in [9.17, 15) is 14.4 Å². The lowest BCUT2D eigenvalue weighted by atomic mass is 9.97. The van der Waals surface area contributed by atoms with Crippen LogP contribution in [-0.2, 0) is 19.1 Å². The van der Waals surface area contributed by atoms with E-state index < -0.39 is 18.1 Å². The van der Waals surface area contributed by atoms with Crippen LogP contribution < -0.4 is 5.32 Å². The highest BCUT2D eigenvalue weighted by atomic mass is 16.6. The van der Waals surface area contributed by atoms with Crippen LogP contribution in [0.2, 0.25) is 0 Å². The molecule has 2 fully saturated rings. The Morgan fingerprint density at radius 2 is 2.00 bits per heavy atom. The molecule has 4 atom stereocenters. The van der Waals surface area contributed by atoms with Crippen LogP contribution in [0.25, 0.3) is 0 Å². The number of piperidine rings is 1. The Morgan fingerprint density at radius 1 is 1.27 bits per heavy atom. The van der Waals surface area contributed by atoms with E-state index in [1.165, 1.54) is 18.9 Å². The highest BCUT2D eigenvalue weighted by Gasteiger charge is 2.57. The molecule has 2 rings (SSSR count). The minimum Gasteiger partial charge on any atom is -0.467 e. The maximum atomic E-state index is 12.4. The number of amides is 2. The Hall–Kier alpha value is -1.79. The Morgan fingerprint density at radius 3 is 2.59 bits per heavy atom. The summed E-state index contributed by atoms with van der Waals surface area (Å²) in [5.41, 5.74) is 0. The molecule has 1 N–H and O–H groups in total. The molecule has 2 amide bonds. The van der Waals surface area contributed by atoms with E-state index in [2.05, 4.69) is 5.32 Å². The van der Waals surface area contributed by atoms with Gasteiger partial charge in [0.05, 0.1) is 19.8 Å². The van der Waals surface area contributed by atoms with Gasteiger partial charge in [-0.3, -0.25) is 9.69 Å². The number of hydrogen-bond acceptors (Lipinski definition) is 5. The summed E-state index contributed by atoms with van der Waals surface area (Å²) in [6.45, 7) is 3.80. The van der Waals surface area contributed by atoms with Gasteiger partial charge in [-0.15, -0.1) is 0 Å². The van der Waals surface area contributed by atoms with E-state index in [1.54, 1.807) is 0 Å². The van der Waals surface area contributed by atoms with Gasteiger partial charge in [0, 0.05) is 13.0 Å². The van der Waals surface area contributed by atoms with Crippen molar-refractivity contribution in [3.63, 3.8) is 0 Å². The summed E-state index contributed by atoms with van der Waals surface area (Å²) in [5.74, 6) is -0.541. The first-order valence-electron chi connectivity index (χ1n) is 7.79. The average Bonchev–Trinajstić information content (AvgIpc) is 3.03. The van der Waals surface area contributed by atoms with E-state index >= 15 is 0 Å². The van der Waals surface area contributed by atoms with E-state index in [-0.39, 0.29) is 23.9 Å². The zero-order chi connectivity index (χ0) is 16.3. The third kappa shape index (κ3) is 3.18. The zero-order valence-electron chi connectivity index (χ0n) is 13.3. The van der Waals surface area contributed by atoms with Crippen molar-refractivity contribution in [3.8, 4) is 0 Å². The second-order valence-electron chi connectivity index (χ2n) is 5.95. The molecule has 1 saturated heterocycles. The van der Waals surface area contributed by atoms with Crippen molar-refractivity contribution in [1.29, 1.82) is 0 Å². The van der Waals surface area contributed by atoms with Gasteiger partial charge in [-0.25, -0.2) is 9.59 Å². The molecule has 2 aliphatic rings. The number of nitrogens with zero attached hydrogens (tertiary/aromatic N) is 1. The Kier molecular flexibility index (Phi) is 5.26. The molecule has 0 radical (unpaired) electrons. The number of methoxy groups -OCH3 is 1. The monoisotopic (exact) mass is 312 g/mol. The smallest absolute Gasteiger partial charge is 0.410 e. The lowest BCUT2D eigenvalue weighted by molar-refractivity contribution is -0.148. The molecule has 0 spiro atoms. The molecule has 0 unspecified atom stereocenters. The van der Waals surface area contributed by atoms with Gasteiger partial charge in [-0.1, -0.05) is 13.3 Å². The molecular weight excluding hydrogens is 288 g/mol. The number of fused-ring (bicyclic) bond motifs is 2. The van der Waals surface area contributed by atoms with Gasteiger partial charge < -0.3 is 14.8 Å². The quantitative estimate of drug-likeness (QED) is 0.606.